The molecule has 0 amide bonds. The number of carbonyl (C=O) groups is 1. The average molecular weight is 845 g/mol. The van der Waals surface area contributed by atoms with Crippen LogP contribution in [0, 0.1) is 11.3 Å². The number of para-hydroxylation sites is 1. The van der Waals surface area contributed by atoms with Crippen molar-refractivity contribution in [3.05, 3.63) is 204 Å². The molecule has 0 bridgehead atoms. The molecule has 2 heterocycles. The SMILES string of the molecule is CN(C)c1ccc(C(=Cc2ccc(-c3ccc(-c4ccc(-c5ccc(N(c6ccccc6)c6ccc(/C=C(/C#N)C(=O)O)cc6)cc5)s4)s3)cc2)c2ccc(N(C)C)cc2)cc1. The summed E-state index contributed by atoms with van der Waals surface area (Å²) in [6, 6.07) is 63.2. The minimum atomic E-state index is -1.24. The van der Waals surface area contributed by atoms with Crippen molar-refractivity contribution in [2.24, 2.45) is 0 Å². The lowest BCUT2D eigenvalue weighted by molar-refractivity contribution is -0.132. The highest BCUT2D eigenvalue weighted by molar-refractivity contribution is 7.25. The molecular formula is C54H44N4O2S2. The molecule has 2 aromatic heterocycles. The third kappa shape index (κ3) is 9.30. The topological polar surface area (TPSA) is 70.8 Å². The van der Waals surface area contributed by atoms with E-state index in [0.29, 0.717) is 5.56 Å². The molecule has 0 fully saturated rings. The number of rotatable bonds is 13. The van der Waals surface area contributed by atoms with Gasteiger partial charge < -0.3 is 19.8 Å². The number of carboxylic acid groups (broad SMARTS) is 1. The maximum atomic E-state index is 11.4. The van der Waals surface area contributed by atoms with Gasteiger partial charge in [-0.05, 0) is 136 Å². The number of aliphatic carboxylic acids is 1. The third-order valence-corrected chi connectivity index (χ3v) is 13.1. The van der Waals surface area contributed by atoms with E-state index in [0.717, 1.165) is 28.2 Å². The summed E-state index contributed by atoms with van der Waals surface area (Å²) in [4.78, 5) is 22.7. The minimum Gasteiger partial charge on any atom is -0.477 e. The van der Waals surface area contributed by atoms with Gasteiger partial charge in [-0.15, -0.1) is 22.7 Å². The third-order valence-electron chi connectivity index (χ3n) is 10.6. The van der Waals surface area contributed by atoms with Crippen molar-refractivity contribution < 1.29 is 9.90 Å². The van der Waals surface area contributed by atoms with Gasteiger partial charge in [-0.3, -0.25) is 0 Å². The van der Waals surface area contributed by atoms with Gasteiger partial charge in [-0.1, -0.05) is 91.0 Å². The van der Waals surface area contributed by atoms with E-state index in [2.05, 4.69) is 182 Å². The molecule has 6 aromatic carbocycles. The molecule has 0 saturated carbocycles. The van der Waals surface area contributed by atoms with Crippen LogP contribution in [0.4, 0.5) is 28.4 Å². The number of benzene rings is 6. The molecule has 0 aliphatic carbocycles. The molecule has 62 heavy (non-hydrogen) atoms. The second-order valence-electron chi connectivity index (χ2n) is 15.2. The molecular weight excluding hydrogens is 801 g/mol. The zero-order valence-corrected chi connectivity index (χ0v) is 36.5. The fraction of sp³-hybridized carbons (Fsp3) is 0.0741. The summed E-state index contributed by atoms with van der Waals surface area (Å²) in [5.41, 5.74) is 12.6. The Balaban J connectivity index is 1.00. The van der Waals surface area contributed by atoms with Crippen LogP contribution in [0.15, 0.2) is 181 Å². The standard InChI is InChI=1S/C54H44N4O2S2/c1-56(2)44-24-16-39(17-25-44)49(40-18-26-45(27-19-40)57(3)4)35-38-10-14-41(15-11-38)50-30-32-52(61-50)53-33-31-51(62-53)42-20-28-48(29-21-42)58(46-8-6-5-7-9-46)47-22-12-37(13-23-47)34-43(36-55)54(59)60/h5-35H,1-4H3,(H,59,60)/b43-34-. The number of thiophene rings is 2. The van der Waals surface area contributed by atoms with Crippen LogP contribution in [0.25, 0.3) is 48.4 Å². The fourth-order valence-electron chi connectivity index (χ4n) is 7.20. The number of hydrogen-bond acceptors (Lipinski definition) is 7. The smallest absolute Gasteiger partial charge is 0.346 e. The molecule has 8 aromatic rings. The molecule has 8 heteroatoms. The Hall–Kier alpha value is -7.44. The summed E-state index contributed by atoms with van der Waals surface area (Å²) in [7, 11) is 8.26. The highest BCUT2D eigenvalue weighted by Gasteiger charge is 2.15. The van der Waals surface area contributed by atoms with E-state index >= 15 is 0 Å². The molecule has 0 radical (unpaired) electrons. The molecule has 0 saturated heterocycles. The Morgan fingerprint density at radius 2 is 0.871 bits per heavy atom. The highest BCUT2D eigenvalue weighted by Crippen LogP contribution is 2.42. The van der Waals surface area contributed by atoms with Crippen LogP contribution in [0.2, 0.25) is 0 Å². The van der Waals surface area contributed by atoms with Crippen LogP contribution in [0.1, 0.15) is 22.3 Å². The van der Waals surface area contributed by atoms with E-state index < -0.39 is 5.97 Å². The van der Waals surface area contributed by atoms with Gasteiger partial charge in [-0.2, -0.15) is 5.26 Å². The van der Waals surface area contributed by atoms with E-state index in [4.69, 9.17) is 0 Å². The van der Waals surface area contributed by atoms with Gasteiger partial charge in [0.05, 0.1) is 0 Å². The predicted molar refractivity (Wildman–Crippen MR) is 263 cm³/mol. The Kier molecular flexibility index (Phi) is 12.3. The van der Waals surface area contributed by atoms with Crippen molar-refractivity contribution in [2.45, 2.75) is 0 Å². The van der Waals surface area contributed by atoms with Crippen LogP contribution in [0.5, 0.6) is 0 Å². The Morgan fingerprint density at radius 3 is 1.32 bits per heavy atom. The molecule has 0 aliphatic rings. The minimum absolute atomic E-state index is 0.307. The highest BCUT2D eigenvalue weighted by atomic mass is 32.1. The number of carboxylic acids is 1. The molecule has 8 rings (SSSR count). The first-order chi connectivity index (χ1) is 30.1. The number of nitrogens with zero attached hydrogens (tertiary/aromatic N) is 4. The zero-order chi connectivity index (χ0) is 43.2. The van der Waals surface area contributed by atoms with Crippen molar-refractivity contribution in [1.82, 2.24) is 0 Å². The lowest BCUT2D eigenvalue weighted by Gasteiger charge is -2.25. The molecule has 0 atom stereocenters. The molecule has 0 aliphatic heterocycles. The van der Waals surface area contributed by atoms with Gasteiger partial charge in [-0.25, -0.2) is 4.79 Å². The van der Waals surface area contributed by atoms with Crippen molar-refractivity contribution in [3.63, 3.8) is 0 Å². The second-order valence-corrected chi connectivity index (χ2v) is 17.3. The summed E-state index contributed by atoms with van der Waals surface area (Å²) in [5, 5.41) is 18.5. The van der Waals surface area contributed by atoms with Gasteiger partial charge in [0, 0.05) is 76.1 Å². The van der Waals surface area contributed by atoms with Crippen molar-refractivity contribution >= 4 is 74.8 Å². The summed E-state index contributed by atoms with van der Waals surface area (Å²) in [6.45, 7) is 0. The lowest BCUT2D eigenvalue weighted by atomic mass is 9.95. The van der Waals surface area contributed by atoms with Gasteiger partial charge in [0.15, 0.2) is 0 Å². The molecule has 1 N–H and O–H groups in total. The lowest BCUT2D eigenvalue weighted by Crippen LogP contribution is -2.09. The number of nitriles is 1. The van der Waals surface area contributed by atoms with E-state index in [-0.39, 0.29) is 5.57 Å². The molecule has 0 unspecified atom stereocenters. The first kappa shape index (κ1) is 41.3. The van der Waals surface area contributed by atoms with E-state index in [1.807, 2.05) is 53.8 Å². The van der Waals surface area contributed by atoms with Crippen molar-refractivity contribution in [3.8, 4) is 36.7 Å². The van der Waals surface area contributed by atoms with Crippen LogP contribution < -0.4 is 14.7 Å². The first-order valence-corrected chi connectivity index (χ1v) is 21.8. The second kappa shape index (κ2) is 18.4. The fourth-order valence-corrected chi connectivity index (χ4v) is 9.31. The molecule has 0 spiro atoms. The molecule has 304 valence electrons. The van der Waals surface area contributed by atoms with Gasteiger partial charge in [0.1, 0.15) is 11.6 Å². The van der Waals surface area contributed by atoms with Gasteiger partial charge >= 0.3 is 5.97 Å². The van der Waals surface area contributed by atoms with E-state index in [1.165, 1.54) is 59.2 Å². The number of anilines is 5. The quantitative estimate of drug-likeness (QED) is 0.0708. The Bertz CT molecular complexity index is 2850. The van der Waals surface area contributed by atoms with Crippen LogP contribution in [-0.2, 0) is 4.79 Å². The first-order valence-electron chi connectivity index (χ1n) is 20.1. The normalized spacial score (nSPS) is 11.1. The van der Waals surface area contributed by atoms with Crippen molar-refractivity contribution in [1.29, 1.82) is 5.26 Å². The van der Waals surface area contributed by atoms with Crippen LogP contribution >= 0.6 is 22.7 Å². The summed E-state index contributed by atoms with van der Waals surface area (Å²) in [5.74, 6) is -1.24. The largest absolute Gasteiger partial charge is 0.477 e. The van der Waals surface area contributed by atoms with E-state index in [1.54, 1.807) is 17.4 Å². The maximum Gasteiger partial charge on any atom is 0.346 e. The van der Waals surface area contributed by atoms with E-state index in [9.17, 15) is 15.2 Å². The summed E-state index contributed by atoms with van der Waals surface area (Å²) in [6.07, 6.45) is 3.66. The zero-order valence-electron chi connectivity index (χ0n) is 34.9. The summed E-state index contributed by atoms with van der Waals surface area (Å²) < 4.78 is 0. The number of hydrogen-bond donors (Lipinski definition) is 1. The van der Waals surface area contributed by atoms with Crippen LogP contribution in [-0.4, -0.2) is 39.3 Å². The van der Waals surface area contributed by atoms with Gasteiger partial charge in [0.2, 0.25) is 0 Å². The Labute approximate surface area is 371 Å². The Morgan fingerprint density at radius 1 is 0.484 bits per heavy atom. The summed E-state index contributed by atoms with van der Waals surface area (Å²) >= 11 is 3.60. The molecule has 6 nitrogen and oxygen atoms in total. The average Bonchev–Trinajstić information content (AvgIpc) is 4.00. The monoisotopic (exact) mass is 844 g/mol. The van der Waals surface area contributed by atoms with Crippen LogP contribution in [0.3, 0.4) is 0 Å². The van der Waals surface area contributed by atoms with Gasteiger partial charge in [0.25, 0.3) is 0 Å². The maximum absolute atomic E-state index is 11.4. The predicted octanol–water partition coefficient (Wildman–Crippen LogP) is 14.0. The van der Waals surface area contributed by atoms with Crippen molar-refractivity contribution in [2.75, 3.05) is 42.9 Å².